The summed E-state index contributed by atoms with van der Waals surface area (Å²) in [5.74, 6) is -1.62. The van der Waals surface area contributed by atoms with Gasteiger partial charge in [0.15, 0.2) is 0 Å². The molecule has 1 saturated heterocycles. The molecule has 6 aliphatic rings. The molecule has 2 bridgehead atoms. The number of ether oxygens (including phenoxy) is 2. The van der Waals surface area contributed by atoms with Gasteiger partial charge in [-0.25, -0.2) is 4.79 Å². The number of fused-ring (bicyclic) bond motifs is 5. The maximum atomic E-state index is 13.5. The second-order valence-corrected chi connectivity index (χ2v) is 13.5. The molecule has 4 saturated carbocycles. The molecule has 12 atom stereocenters. The van der Waals surface area contributed by atoms with Gasteiger partial charge in [0.1, 0.15) is 34.8 Å². The van der Waals surface area contributed by atoms with Crippen molar-refractivity contribution in [3.05, 3.63) is 11.1 Å². The minimum Gasteiger partial charge on any atom is -0.455 e. The number of aliphatic hydroxyl groups is 5. The van der Waals surface area contributed by atoms with Crippen LogP contribution < -0.4 is 0 Å². The smallest absolute Gasteiger partial charge is 0.334 e. The van der Waals surface area contributed by atoms with E-state index < -0.39 is 75.5 Å². The maximum absolute atomic E-state index is 13.5. The molecule has 0 aromatic rings. The van der Waals surface area contributed by atoms with Gasteiger partial charge >= 0.3 is 5.97 Å². The molecule has 0 amide bonds. The molecule has 0 spiro atoms. The molecule has 2 heterocycles. The summed E-state index contributed by atoms with van der Waals surface area (Å²) < 4.78 is 11.6. The quantitative estimate of drug-likeness (QED) is 0.335. The van der Waals surface area contributed by atoms with Crippen molar-refractivity contribution < 1.29 is 44.6 Å². The zero-order valence-electron chi connectivity index (χ0n) is 22.3. The Morgan fingerprint density at radius 3 is 2.32 bits per heavy atom. The minimum absolute atomic E-state index is 0.0212. The molecule has 2 aliphatic heterocycles. The Morgan fingerprint density at radius 1 is 1.00 bits per heavy atom. The van der Waals surface area contributed by atoms with Crippen LogP contribution in [0.1, 0.15) is 79.6 Å². The van der Waals surface area contributed by atoms with E-state index in [1.807, 2.05) is 6.92 Å². The monoisotopic (exact) mass is 520 g/mol. The molecule has 9 nitrogen and oxygen atoms in total. The van der Waals surface area contributed by atoms with Crippen molar-refractivity contribution in [2.24, 2.45) is 22.7 Å². The first-order chi connectivity index (χ1) is 17.0. The summed E-state index contributed by atoms with van der Waals surface area (Å²) in [6, 6.07) is 0. The summed E-state index contributed by atoms with van der Waals surface area (Å²) in [7, 11) is 0. The number of esters is 1. The Balaban J connectivity index is 1.40. The van der Waals surface area contributed by atoms with Gasteiger partial charge in [0.25, 0.3) is 0 Å². The van der Waals surface area contributed by atoms with Gasteiger partial charge in [0, 0.05) is 23.8 Å². The molecule has 0 aromatic heterocycles. The zero-order chi connectivity index (χ0) is 27.1. The normalized spacial score (nSPS) is 56.5. The first-order valence-corrected chi connectivity index (χ1v) is 13.6. The largest absolute Gasteiger partial charge is 0.455 e. The Hall–Kier alpha value is -1.36. The molecular formula is C28H40O9. The minimum atomic E-state index is -1.86. The van der Waals surface area contributed by atoms with E-state index in [0.717, 1.165) is 5.57 Å². The van der Waals surface area contributed by atoms with Crippen LogP contribution in [-0.2, 0) is 19.1 Å². The highest BCUT2D eigenvalue weighted by atomic mass is 16.6. The number of hydrogen-bond donors (Lipinski definition) is 5. The number of hydrogen-bond acceptors (Lipinski definition) is 9. The number of cyclic esters (lactones) is 1. The SMILES string of the molecule is CC1=C(C)C(=O)O[C@@H]([C@](C)(O)[C@]2(O)CC[C@@]3(O)[C@@H]4C[C@@H]5OC6CC(=O)[C@](C)([C@H]4CC[C@]23C)[C@@]5(O)[C@H]6O)C1. The number of carbonyl (C=O) groups is 2. The van der Waals surface area contributed by atoms with Crippen LogP contribution in [-0.4, -0.2) is 84.1 Å². The molecule has 0 radical (unpaired) electrons. The average molecular weight is 521 g/mol. The third-order valence-electron chi connectivity index (χ3n) is 12.6. The molecule has 4 aliphatic carbocycles. The Kier molecular flexibility index (Phi) is 5.06. The fourth-order valence-corrected chi connectivity index (χ4v) is 9.84. The molecule has 37 heavy (non-hydrogen) atoms. The molecule has 6 rings (SSSR count). The predicted molar refractivity (Wildman–Crippen MR) is 129 cm³/mol. The van der Waals surface area contributed by atoms with Crippen molar-refractivity contribution in [1.82, 2.24) is 0 Å². The summed E-state index contributed by atoms with van der Waals surface area (Å²) in [5, 5.41) is 59.5. The lowest BCUT2D eigenvalue weighted by atomic mass is 9.40. The van der Waals surface area contributed by atoms with Crippen molar-refractivity contribution in [2.45, 2.75) is 126 Å². The van der Waals surface area contributed by atoms with E-state index >= 15 is 0 Å². The number of rotatable bonds is 2. The topological polar surface area (TPSA) is 154 Å². The Bertz CT molecular complexity index is 1110. The van der Waals surface area contributed by atoms with Gasteiger partial charge in [0.2, 0.25) is 0 Å². The highest BCUT2D eigenvalue weighted by molar-refractivity contribution is 5.90. The number of Topliss-reactive ketones (excluding diaryl/α,β-unsaturated/α-hetero) is 1. The summed E-state index contributed by atoms with van der Waals surface area (Å²) in [6.45, 7) is 8.47. The van der Waals surface area contributed by atoms with E-state index in [2.05, 4.69) is 0 Å². The second-order valence-electron chi connectivity index (χ2n) is 13.5. The zero-order valence-corrected chi connectivity index (χ0v) is 22.3. The van der Waals surface area contributed by atoms with Gasteiger partial charge in [0.05, 0.1) is 23.2 Å². The predicted octanol–water partition coefficient (Wildman–Crippen LogP) is 0.920. The van der Waals surface area contributed by atoms with Gasteiger partial charge in [-0.2, -0.15) is 0 Å². The molecule has 9 heteroatoms. The molecule has 5 fully saturated rings. The van der Waals surface area contributed by atoms with E-state index in [4.69, 9.17) is 9.47 Å². The number of ketones is 1. The van der Waals surface area contributed by atoms with Crippen molar-refractivity contribution in [1.29, 1.82) is 0 Å². The van der Waals surface area contributed by atoms with Crippen LogP contribution in [0.3, 0.4) is 0 Å². The lowest BCUT2D eigenvalue weighted by Gasteiger charge is -2.66. The molecule has 5 N–H and O–H groups in total. The summed E-state index contributed by atoms with van der Waals surface area (Å²) in [4.78, 5) is 26.0. The van der Waals surface area contributed by atoms with E-state index in [0.29, 0.717) is 12.0 Å². The Morgan fingerprint density at radius 2 is 1.68 bits per heavy atom. The first-order valence-electron chi connectivity index (χ1n) is 13.6. The van der Waals surface area contributed by atoms with Gasteiger partial charge in [-0.15, -0.1) is 0 Å². The lowest BCUT2D eigenvalue weighted by molar-refractivity contribution is -0.300. The number of carbonyl (C=O) groups excluding carboxylic acids is 2. The van der Waals surface area contributed by atoms with Crippen LogP contribution in [0.4, 0.5) is 0 Å². The van der Waals surface area contributed by atoms with E-state index in [1.165, 1.54) is 6.92 Å². The summed E-state index contributed by atoms with van der Waals surface area (Å²) >= 11 is 0. The van der Waals surface area contributed by atoms with Crippen molar-refractivity contribution >= 4 is 11.8 Å². The summed E-state index contributed by atoms with van der Waals surface area (Å²) in [5.41, 5.74) is -8.05. The van der Waals surface area contributed by atoms with Crippen LogP contribution in [0.15, 0.2) is 11.1 Å². The van der Waals surface area contributed by atoms with Crippen molar-refractivity contribution in [3.63, 3.8) is 0 Å². The standard InChI is InChI=1S/C28H40O9/c1-13-10-19(37-22(31)14(13)2)25(5,32)27(34)9-8-26(33)16-11-20-28(35)21(30)17(36-20)12-18(29)24(28,4)15(16)6-7-23(26,27)3/h15-17,19-21,30,32-35H,6-12H2,1-5H3/t15-,16+,17?,19+,20-,21-,23-,24-,25-,26+,27-,28-/m0/s1. The Labute approximate surface area is 216 Å². The third kappa shape index (κ3) is 2.58. The molecule has 1 unspecified atom stereocenters. The van der Waals surface area contributed by atoms with Crippen molar-refractivity contribution in [3.8, 4) is 0 Å². The second kappa shape index (κ2) is 7.23. The van der Waals surface area contributed by atoms with Crippen LogP contribution in [0, 0.1) is 22.7 Å². The molecule has 206 valence electrons. The highest BCUT2D eigenvalue weighted by Gasteiger charge is 2.82. The van der Waals surface area contributed by atoms with E-state index in [9.17, 15) is 35.1 Å². The van der Waals surface area contributed by atoms with Gasteiger partial charge in [-0.1, -0.05) is 12.5 Å². The lowest BCUT2D eigenvalue weighted by Crippen LogP contribution is -2.77. The average Bonchev–Trinajstić information content (AvgIpc) is 3.19. The molecular weight excluding hydrogens is 480 g/mol. The van der Waals surface area contributed by atoms with Crippen LogP contribution in [0.2, 0.25) is 0 Å². The fraction of sp³-hybridized carbons (Fsp3) is 0.857. The molecule has 0 aromatic carbocycles. The van der Waals surface area contributed by atoms with E-state index in [-0.39, 0.29) is 44.3 Å². The third-order valence-corrected chi connectivity index (χ3v) is 12.6. The first kappa shape index (κ1) is 25.9. The van der Waals surface area contributed by atoms with Crippen LogP contribution in [0.25, 0.3) is 0 Å². The maximum Gasteiger partial charge on any atom is 0.334 e. The highest BCUT2D eigenvalue weighted by Crippen LogP contribution is 2.73. The fourth-order valence-electron chi connectivity index (χ4n) is 9.84. The van der Waals surface area contributed by atoms with Gasteiger partial charge < -0.3 is 35.0 Å². The summed E-state index contributed by atoms with van der Waals surface area (Å²) in [6.07, 6.45) is -2.24. The van der Waals surface area contributed by atoms with Crippen molar-refractivity contribution in [2.75, 3.05) is 0 Å². The van der Waals surface area contributed by atoms with Gasteiger partial charge in [-0.3, -0.25) is 4.79 Å². The van der Waals surface area contributed by atoms with Gasteiger partial charge in [-0.05, 0) is 71.6 Å². The van der Waals surface area contributed by atoms with E-state index in [1.54, 1.807) is 20.8 Å². The number of aliphatic hydroxyl groups excluding tert-OH is 1. The van der Waals surface area contributed by atoms with Crippen LogP contribution in [0.5, 0.6) is 0 Å². The van der Waals surface area contributed by atoms with Crippen LogP contribution >= 0.6 is 0 Å².